The Labute approximate surface area is 158 Å². The van der Waals surface area contributed by atoms with E-state index in [-0.39, 0.29) is 6.04 Å². The highest BCUT2D eigenvalue weighted by Gasteiger charge is 2.50. The van der Waals surface area contributed by atoms with Crippen molar-refractivity contribution in [2.75, 3.05) is 52.2 Å². The van der Waals surface area contributed by atoms with Crippen molar-refractivity contribution in [3.05, 3.63) is 23.3 Å². The molecule has 2 atom stereocenters. The Balaban J connectivity index is 1.94. The predicted molar refractivity (Wildman–Crippen MR) is 99.3 cm³/mol. The summed E-state index contributed by atoms with van der Waals surface area (Å²) in [5, 5.41) is 0. The second-order valence-corrected chi connectivity index (χ2v) is 9.03. The van der Waals surface area contributed by atoms with Gasteiger partial charge in [0.2, 0.25) is 0 Å². The summed E-state index contributed by atoms with van der Waals surface area (Å²) in [6.45, 7) is 1.99. The van der Waals surface area contributed by atoms with Gasteiger partial charge < -0.3 is 14.0 Å². The monoisotopic (exact) mass is 408 g/mol. The van der Waals surface area contributed by atoms with Crippen molar-refractivity contribution in [1.29, 1.82) is 0 Å². The van der Waals surface area contributed by atoms with Crippen LogP contribution in [0, 0.1) is 0 Å². The third-order valence-electron chi connectivity index (χ3n) is 4.74. The van der Waals surface area contributed by atoms with Crippen LogP contribution in [0.3, 0.4) is 0 Å². The zero-order valence-corrected chi connectivity index (χ0v) is 16.8. The van der Waals surface area contributed by atoms with Crippen LogP contribution in [-0.4, -0.2) is 61.6 Å². The van der Waals surface area contributed by atoms with E-state index in [1.807, 2.05) is 16.8 Å². The zero-order chi connectivity index (χ0) is 18.0. The topological polar surface area (TPSA) is 51.2 Å². The molecule has 0 bridgehead atoms. The average molecular weight is 409 g/mol. The first kappa shape index (κ1) is 19.3. The first-order valence-electron chi connectivity index (χ1n) is 8.23. The molecular weight excluding hydrogens is 386 g/mol. The minimum absolute atomic E-state index is 0.0671. The standard InChI is InChI=1S/C16H23Cl2N2O4P/c1-22-15-9-12-3-6-20-14(13(12)10-16(15)23-2)11-24-25(20,21)19(7-4-17)8-5-18/h9-10,14H,3-8,11H2,1-2H3/t14-,25?/m0/s1. The fourth-order valence-corrected chi connectivity index (χ4v) is 6.76. The number of hydrogen-bond acceptors (Lipinski definition) is 4. The fraction of sp³-hybridized carbons (Fsp3) is 0.625. The van der Waals surface area contributed by atoms with Gasteiger partial charge in [0.1, 0.15) is 0 Å². The van der Waals surface area contributed by atoms with Gasteiger partial charge in [0, 0.05) is 31.4 Å². The molecule has 1 saturated heterocycles. The van der Waals surface area contributed by atoms with E-state index in [1.165, 1.54) is 5.56 Å². The molecule has 0 N–H and O–H groups in total. The number of rotatable bonds is 7. The van der Waals surface area contributed by atoms with Crippen LogP contribution in [0.15, 0.2) is 12.1 Å². The largest absolute Gasteiger partial charge is 0.493 e. The van der Waals surface area contributed by atoms with Crippen molar-refractivity contribution in [1.82, 2.24) is 9.34 Å². The fourth-order valence-electron chi connectivity index (χ4n) is 3.54. The van der Waals surface area contributed by atoms with Crippen LogP contribution in [0.2, 0.25) is 0 Å². The molecule has 2 heterocycles. The van der Waals surface area contributed by atoms with Crippen molar-refractivity contribution in [3.63, 3.8) is 0 Å². The molecule has 1 fully saturated rings. The Hall–Kier alpha value is -0.490. The smallest absolute Gasteiger partial charge is 0.346 e. The van der Waals surface area contributed by atoms with Crippen LogP contribution in [0.5, 0.6) is 11.5 Å². The van der Waals surface area contributed by atoms with Crippen LogP contribution in [0.1, 0.15) is 17.2 Å². The molecule has 0 amide bonds. The number of methoxy groups -OCH3 is 2. The van der Waals surface area contributed by atoms with E-state index >= 15 is 0 Å². The SMILES string of the molecule is COc1cc2c(cc1OC)[C@@H]1COP(=O)(N(CCCl)CCCl)N1CC2. The Morgan fingerprint density at radius 2 is 1.88 bits per heavy atom. The predicted octanol–water partition coefficient (Wildman–Crippen LogP) is 3.52. The maximum atomic E-state index is 13.6. The zero-order valence-electron chi connectivity index (χ0n) is 14.4. The molecule has 3 rings (SSSR count). The summed E-state index contributed by atoms with van der Waals surface area (Å²) in [6, 6.07) is 3.91. The van der Waals surface area contributed by atoms with Gasteiger partial charge in [0.15, 0.2) is 11.5 Å². The minimum Gasteiger partial charge on any atom is -0.493 e. The highest BCUT2D eigenvalue weighted by atomic mass is 35.5. The van der Waals surface area contributed by atoms with Gasteiger partial charge in [0.25, 0.3) is 0 Å². The van der Waals surface area contributed by atoms with Gasteiger partial charge in [0.05, 0.1) is 26.9 Å². The van der Waals surface area contributed by atoms with Crippen molar-refractivity contribution in [3.8, 4) is 11.5 Å². The summed E-state index contributed by atoms with van der Waals surface area (Å²) in [6.07, 6.45) is 0.773. The first-order chi connectivity index (χ1) is 12.1. The number of hydrogen-bond donors (Lipinski definition) is 0. The summed E-state index contributed by atoms with van der Waals surface area (Å²) in [7, 11) is 0.125. The van der Waals surface area contributed by atoms with Crippen molar-refractivity contribution in [2.24, 2.45) is 0 Å². The van der Waals surface area contributed by atoms with Gasteiger partial charge in [-0.25, -0.2) is 9.34 Å². The van der Waals surface area contributed by atoms with Gasteiger partial charge in [-0.15, -0.1) is 23.2 Å². The lowest BCUT2D eigenvalue weighted by Crippen LogP contribution is -2.36. The van der Waals surface area contributed by atoms with Gasteiger partial charge in [-0.3, -0.25) is 4.57 Å². The van der Waals surface area contributed by atoms with Gasteiger partial charge in [-0.2, -0.15) is 0 Å². The van der Waals surface area contributed by atoms with E-state index in [4.69, 9.17) is 37.2 Å². The molecule has 6 nitrogen and oxygen atoms in total. The minimum atomic E-state index is -3.12. The van der Waals surface area contributed by atoms with Crippen molar-refractivity contribution >= 4 is 30.9 Å². The maximum absolute atomic E-state index is 13.6. The lowest BCUT2D eigenvalue weighted by atomic mass is 9.94. The lowest BCUT2D eigenvalue weighted by Gasteiger charge is -2.37. The van der Waals surface area contributed by atoms with E-state index in [0.29, 0.717) is 49.5 Å². The molecule has 0 aliphatic carbocycles. The normalized spacial score (nSPS) is 25.7. The Morgan fingerprint density at radius 1 is 1.24 bits per heavy atom. The summed E-state index contributed by atoms with van der Waals surface area (Å²) < 4.78 is 34.0. The molecule has 0 spiro atoms. The number of ether oxygens (including phenoxy) is 2. The Bertz CT molecular complexity index is 670. The summed E-state index contributed by atoms with van der Waals surface area (Å²) in [5.74, 6) is 2.14. The van der Waals surface area contributed by atoms with E-state index < -0.39 is 7.67 Å². The van der Waals surface area contributed by atoms with E-state index in [9.17, 15) is 4.57 Å². The van der Waals surface area contributed by atoms with Crippen LogP contribution >= 0.6 is 30.9 Å². The molecule has 1 unspecified atom stereocenters. The molecule has 2 aliphatic rings. The molecule has 0 aromatic heterocycles. The second kappa shape index (κ2) is 8.03. The lowest BCUT2D eigenvalue weighted by molar-refractivity contribution is 0.291. The van der Waals surface area contributed by atoms with E-state index in [0.717, 1.165) is 12.0 Å². The second-order valence-electron chi connectivity index (χ2n) is 5.95. The first-order valence-corrected chi connectivity index (χ1v) is 10.8. The van der Waals surface area contributed by atoms with Crippen LogP contribution < -0.4 is 9.47 Å². The molecule has 1 aromatic carbocycles. The van der Waals surface area contributed by atoms with Gasteiger partial charge in [-0.1, -0.05) is 0 Å². The van der Waals surface area contributed by atoms with Gasteiger partial charge in [-0.05, 0) is 29.7 Å². The molecule has 0 radical (unpaired) electrons. The summed E-state index contributed by atoms with van der Waals surface area (Å²) in [5.41, 5.74) is 2.26. The maximum Gasteiger partial charge on any atom is 0.346 e. The third-order valence-corrected chi connectivity index (χ3v) is 7.81. The highest BCUT2D eigenvalue weighted by Crippen LogP contribution is 2.64. The molecule has 0 saturated carbocycles. The number of alkyl halides is 2. The summed E-state index contributed by atoms with van der Waals surface area (Å²) in [4.78, 5) is 0. The van der Waals surface area contributed by atoms with Gasteiger partial charge >= 0.3 is 7.67 Å². The number of nitrogens with zero attached hydrogens (tertiary/aromatic N) is 2. The Kier molecular flexibility index (Phi) is 6.19. The molecule has 140 valence electrons. The van der Waals surface area contributed by atoms with E-state index in [1.54, 1.807) is 18.9 Å². The molecule has 2 aliphatic heterocycles. The van der Waals surface area contributed by atoms with E-state index in [2.05, 4.69) is 0 Å². The van der Waals surface area contributed by atoms with Crippen LogP contribution in [0.4, 0.5) is 0 Å². The van der Waals surface area contributed by atoms with Crippen molar-refractivity contribution < 1.29 is 18.6 Å². The highest BCUT2D eigenvalue weighted by molar-refractivity contribution is 7.54. The quantitative estimate of drug-likeness (QED) is 0.508. The molecule has 25 heavy (non-hydrogen) atoms. The third kappa shape index (κ3) is 3.41. The number of halogens is 2. The Morgan fingerprint density at radius 3 is 2.48 bits per heavy atom. The molecule has 1 aromatic rings. The van der Waals surface area contributed by atoms with Crippen LogP contribution in [0.25, 0.3) is 0 Å². The molecule has 9 heteroatoms. The van der Waals surface area contributed by atoms with Crippen LogP contribution in [-0.2, 0) is 15.5 Å². The number of fused-ring (bicyclic) bond motifs is 3. The number of benzene rings is 1. The molecular formula is C16H23Cl2N2O4P. The average Bonchev–Trinajstić information content (AvgIpc) is 2.98. The van der Waals surface area contributed by atoms with Crippen molar-refractivity contribution in [2.45, 2.75) is 12.5 Å². The summed E-state index contributed by atoms with van der Waals surface area (Å²) >= 11 is 11.8.